The number of hydrogen-bond acceptors (Lipinski definition) is 5. The fraction of sp³-hybridized carbons (Fsp3) is 0.600. The maximum atomic E-state index is 11.1. The lowest BCUT2D eigenvalue weighted by Crippen LogP contribution is -2.28. The van der Waals surface area contributed by atoms with Crippen molar-refractivity contribution in [1.29, 1.82) is 0 Å². The highest BCUT2D eigenvalue weighted by molar-refractivity contribution is 5.74. The van der Waals surface area contributed by atoms with Gasteiger partial charge in [0.05, 0.1) is 12.2 Å². The molecule has 2 aromatic heterocycles. The minimum Gasteiger partial charge on any atom is -0.354 e. The van der Waals surface area contributed by atoms with E-state index in [9.17, 15) is 4.79 Å². The van der Waals surface area contributed by atoms with Crippen LogP contribution in [0, 0.1) is 5.92 Å². The van der Waals surface area contributed by atoms with Crippen LogP contribution in [-0.4, -0.2) is 56.7 Å². The number of nitrogens with one attached hydrogen (secondary N) is 1. The van der Waals surface area contributed by atoms with Crippen LogP contribution in [0.3, 0.4) is 0 Å². The summed E-state index contributed by atoms with van der Waals surface area (Å²) >= 11 is 0. The van der Waals surface area contributed by atoms with Gasteiger partial charge in [-0.3, -0.25) is 4.79 Å². The molecule has 2 aliphatic rings. The fourth-order valence-corrected chi connectivity index (χ4v) is 4.30. The number of likely N-dealkylation sites (tertiary alicyclic amines) is 1. The summed E-state index contributed by atoms with van der Waals surface area (Å²) in [6, 6.07) is 0. The number of hydrogen-bond donors (Lipinski definition) is 1. The number of allylic oxidation sites excluding steroid dienone is 2. The number of aromatic nitrogens is 4. The molecule has 4 rings (SSSR count). The van der Waals surface area contributed by atoms with E-state index in [1.807, 2.05) is 4.68 Å². The first kappa shape index (κ1) is 18.1. The van der Waals surface area contributed by atoms with E-state index in [2.05, 4.69) is 32.3 Å². The van der Waals surface area contributed by atoms with Gasteiger partial charge in [0.2, 0.25) is 5.91 Å². The molecule has 0 aromatic carbocycles. The van der Waals surface area contributed by atoms with Crippen molar-refractivity contribution >= 4 is 17.1 Å². The van der Waals surface area contributed by atoms with Crippen molar-refractivity contribution in [2.45, 2.75) is 45.1 Å². The van der Waals surface area contributed by atoms with E-state index in [1.54, 1.807) is 12.4 Å². The highest BCUT2D eigenvalue weighted by Gasteiger charge is 2.30. The first-order valence-electron chi connectivity index (χ1n) is 10.00. The standard InChI is InChI=1S/C20H28N6O/c1-15(27)21-10-12-26-20-19(22-8-9-23-20)18(24-26)17-7-11-25(14-17)13-16-5-3-2-4-6-16/h2-3,8-9,16-17H,4-7,10-14H2,1H3,(H,21,27)/t16-,17+/m1/s1. The Hall–Kier alpha value is -2.28. The summed E-state index contributed by atoms with van der Waals surface area (Å²) in [6.07, 6.45) is 13.0. The zero-order valence-corrected chi connectivity index (χ0v) is 16.0. The van der Waals surface area contributed by atoms with Gasteiger partial charge in [0.15, 0.2) is 5.65 Å². The average Bonchev–Trinajstić information content (AvgIpc) is 3.27. The van der Waals surface area contributed by atoms with Crippen molar-refractivity contribution in [1.82, 2.24) is 30.0 Å². The second kappa shape index (κ2) is 8.17. The van der Waals surface area contributed by atoms with Crippen LogP contribution in [0.4, 0.5) is 0 Å². The number of amides is 1. The summed E-state index contributed by atoms with van der Waals surface area (Å²) in [6.45, 7) is 6.06. The molecule has 1 aliphatic heterocycles. The molecular formula is C20H28N6O. The largest absolute Gasteiger partial charge is 0.354 e. The molecule has 2 atom stereocenters. The molecule has 0 unspecified atom stereocenters. The molecule has 1 N–H and O–H groups in total. The number of fused-ring (bicyclic) bond motifs is 1. The van der Waals surface area contributed by atoms with E-state index in [0.717, 1.165) is 42.3 Å². The van der Waals surface area contributed by atoms with Crippen LogP contribution >= 0.6 is 0 Å². The van der Waals surface area contributed by atoms with E-state index in [0.29, 0.717) is 19.0 Å². The van der Waals surface area contributed by atoms with Crippen LogP contribution < -0.4 is 5.32 Å². The van der Waals surface area contributed by atoms with Gasteiger partial charge in [-0.05, 0) is 38.1 Å². The SMILES string of the molecule is CC(=O)NCCn1nc([C@H]2CCN(C[C@@H]3CC=CCC3)C2)c2nccnc21. The first-order chi connectivity index (χ1) is 13.2. The predicted octanol–water partition coefficient (Wildman–Crippen LogP) is 2.11. The van der Waals surface area contributed by atoms with Crippen LogP contribution in [0.25, 0.3) is 11.2 Å². The van der Waals surface area contributed by atoms with Crippen molar-refractivity contribution in [3.8, 4) is 0 Å². The first-order valence-corrected chi connectivity index (χ1v) is 10.00. The molecule has 7 heteroatoms. The van der Waals surface area contributed by atoms with Gasteiger partial charge in [-0.2, -0.15) is 5.10 Å². The Kier molecular flexibility index (Phi) is 5.48. The van der Waals surface area contributed by atoms with Gasteiger partial charge in [0.25, 0.3) is 0 Å². The molecule has 1 fully saturated rings. The van der Waals surface area contributed by atoms with Gasteiger partial charge >= 0.3 is 0 Å². The zero-order chi connectivity index (χ0) is 18.6. The summed E-state index contributed by atoms with van der Waals surface area (Å²) in [5.41, 5.74) is 2.79. The zero-order valence-electron chi connectivity index (χ0n) is 16.0. The van der Waals surface area contributed by atoms with E-state index in [4.69, 9.17) is 5.10 Å². The number of rotatable bonds is 6. The van der Waals surface area contributed by atoms with Gasteiger partial charge in [-0.15, -0.1) is 0 Å². The summed E-state index contributed by atoms with van der Waals surface area (Å²) < 4.78 is 1.89. The molecule has 1 saturated heterocycles. The van der Waals surface area contributed by atoms with E-state index in [1.165, 1.54) is 32.7 Å². The predicted molar refractivity (Wildman–Crippen MR) is 104 cm³/mol. The van der Waals surface area contributed by atoms with Gasteiger partial charge in [0.1, 0.15) is 5.52 Å². The molecule has 1 amide bonds. The third kappa shape index (κ3) is 4.18. The Morgan fingerprint density at radius 2 is 2.15 bits per heavy atom. The topological polar surface area (TPSA) is 75.9 Å². The summed E-state index contributed by atoms with van der Waals surface area (Å²) in [5.74, 6) is 1.17. The third-order valence-corrected chi connectivity index (χ3v) is 5.65. The minimum atomic E-state index is -0.0261. The van der Waals surface area contributed by atoms with Gasteiger partial charge in [0, 0.05) is 44.9 Å². The van der Waals surface area contributed by atoms with Crippen molar-refractivity contribution in [3.63, 3.8) is 0 Å². The quantitative estimate of drug-likeness (QED) is 0.791. The van der Waals surface area contributed by atoms with Crippen molar-refractivity contribution < 1.29 is 4.79 Å². The lowest BCUT2D eigenvalue weighted by atomic mass is 9.94. The Bertz CT molecular complexity index is 829. The monoisotopic (exact) mass is 368 g/mol. The molecule has 0 bridgehead atoms. The summed E-state index contributed by atoms with van der Waals surface area (Å²) in [5, 5.41) is 7.68. The maximum absolute atomic E-state index is 11.1. The highest BCUT2D eigenvalue weighted by atomic mass is 16.1. The van der Waals surface area contributed by atoms with Crippen LogP contribution in [0.15, 0.2) is 24.5 Å². The molecule has 7 nitrogen and oxygen atoms in total. The van der Waals surface area contributed by atoms with E-state index in [-0.39, 0.29) is 5.91 Å². The van der Waals surface area contributed by atoms with Gasteiger partial charge < -0.3 is 10.2 Å². The van der Waals surface area contributed by atoms with Crippen LogP contribution in [0.1, 0.15) is 44.2 Å². The summed E-state index contributed by atoms with van der Waals surface area (Å²) in [4.78, 5) is 22.8. The number of carbonyl (C=O) groups is 1. The molecule has 0 spiro atoms. The highest BCUT2D eigenvalue weighted by Crippen LogP contribution is 2.31. The molecule has 2 aromatic rings. The van der Waals surface area contributed by atoms with Crippen molar-refractivity contribution in [2.75, 3.05) is 26.2 Å². The molecule has 0 saturated carbocycles. The van der Waals surface area contributed by atoms with E-state index >= 15 is 0 Å². The number of carbonyl (C=O) groups excluding carboxylic acids is 1. The van der Waals surface area contributed by atoms with E-state index < -0.39 is 0 Å². The Morgan fingerprint density at radius 3 is 2.96 bits per heavy atom. The average molecular weight is 368 g/mol. The van der Waals surface area contributed by atoms with Gasteiger partial charge in [-0.25, -0.2) is 14.6 Å². The van der Waals surface area contributed by atoms with Crippen LogP contribution in [0.5, 0.6) is 0 Å². The second-order valence-electron chi connectivity index (χ2n) is 7.72. The Balaban J connectivity index is 1.46. The smallest absolute Gasteiger partial charge is 0.216 e. The third-order valence-electron chi connectivity index (χ3n) is 5.65. The fourth-order valence-electron chi connectivity index (χ4n) is 4.30. The molecule has 27 heavy (non-hydrogen) atoms. The van der Waals surface area contributed by atoms with Crippen LogP contribution in [0.2, 0.25) is 0 Å². The normalized spacial score (nSPS) is 23.1. The number of nitrogens with zero attached hydrogens (tertiary/aromatic N) is 5. The lowest BCUT2D eigenvalue weighted by molar-refractivity contribution is -0.118. The molecule has 0 radical (unpaired) electrons. The minimum absolute atomic E-state index is 0.0261. The molecule has 3 heterocycles. The molecule has 1 aliphatic carbocycles. The molecular weight excluding hydrogens is 340 g/mol. The van der Waals surface area contributed by atoms with Crippen molar-refractivity contribution in [2.24, 2.45) is 5.92 Å². The van der Waals surface area contributed by atoms with Crippen molar-refractivity contribution in [3.05, 3.63) is 30.2 Å². The maximum Gasteiger partial charge on any atom is 0.216 e. The summed E-state index contributed by atoms with van der Waals surface area (Å²) in [7, 11) is 0. The lowest BCUT2D eigenvalue weighted by Gasteiger charge is -2.24. The van der Waals surface area contributed by atoms with Crippen LogP contribution in [-0.2, 0) is 11.3 Å². The second-order valence-corrected chi connectivity index (χ2v) is 7.72. The Labute approximate surface area is 159 Å². The molecule has 144 valence electrons. The Morgan fingerprint density at radius 1 is 1.26 bits per heavy atom. The van der Waals surface area contributed by atoms with Gasteiger partial charge in [-0.1, -0.05) is 12.2 Å².